The van der Waals surface area contributed by atoms with Gasteiger partial charge in [0.25, 0.3) is 0 Å². The minimum absolute atomic E-state index is 0.0157. The topological polar surface area (TPSA) is 78.7 Å². The van der Waals surface area contributed by atoms with Crippen molar-refractivity contribution in [1.82, 2.24) is 15.1 Å². The van der Waals surface area contributed by atoms with Crippen LogP contribution in [0.25, 0.3) is 0 Å². The van der Waals surface area contributed by atoms with E-state index >= 15 is 0 Å². The van der Waals surface area contributed by atoms with Crippen molar-refractivity contribution in [3.05, 3.63) is 0 Å². The molecule has 0 spiro atoms. The van der Waals surface area contributed by atoms with Crippen molar-refractivity contribution in [2.45, 2.75) is 39.7 Å². The third-order valence-corrected chi connectivity index (χ3v) is 3.68. The van der Waals surface area contributed by atoms with E-state index in [0.717, 1.165) is 19.5 Å². The molecule has 21 heavy (non-hydrogen) atoms. The molecule has 1 fully saturated rings. The fourth-order valence-electron chi connectivity index (χ4n) is 2.65. The molecule has 122 valence electrons. The molecule has 0 aliphatic carbocycles. The van der Waals surface area contributed by atoms with Crippen LogP contribution in [0.1, 0.15) is 33.6 Å². The van der Waals surface area contributed by atoms with Crippen molar-refractivity contribution in [2.24, 2.45) is 11.1 Å². The average molecular weight is 298 g/mol. The number of likely N-dealkylation sites (N-methyl/N-ethyl adjacent to an activating group) is 1. The summed E-state index contributed by atoms with van der Waals surface area (Å²) in [6.07, 6.45) is 1.25. The Labute approximate surface area is 128 Å². The second kappa shape index (κ2) is 7.75. The minimum atomic E-state index is -0.0820. The first-order valence-corrected chi connectivity index (χ1v) is 7.67. The highest BCUT2D eigenvalue weighted by Crippen LogP contribution is 2.21. The van der Waals surface area contributed by atoms with E-state index in [0.29, 0.717) is 26.1 Å². The summed E-state index contributed by atoms with van der Waals surface area (Å²) < 4.78 is 0. The number of piperazine rings is 1. The summed E-state index contributed by atoms with van der Waals surface area (Å²) in [4.78, 5) is 27.5. The predicted octanol–water partition coefficient (Wildman–Crippen LogP) is 0.0302. The van der Waals surface area contributed by atoms with Gasteiger partial charge in [-0.25, -0.2) is 0 Å². The molecule has 1 aliphatic heterocycles. The van der Waals surface area contributed by atoms with E-state index in [4.69, 9.17) is 5.73 Å². The Morgan fingerprint density at radius 3 is 2.24 bits per heavy atom. The van der Waals surface area contributed by atoms with Gasteiger partial charge in [0, 0.05) is 45.7 Å². The van der Waals surface area contributed by atoms with Gasteiger partial charge in [0.2, 0.25) is 11.8 Å². The maximum atomic E-state index is 12.2. The number of amides is 2. The van der Waals surface area contributed by atoms with Gasteiger partial charge in [-0.3, -0.25) is 14.5 Å². The molecule has 0 aromatic rings. The molecule has 0 saturated carbocycles. The number of hydrogen-bond acceptors (Lipinski definition) is 4. The van der Waals surface area contributed by atoms with Crippen LogP contribution in [0.4, 0.5) is 0 Å². The third-order valence-electron chi connectivity index (χ3n) is 3.68. The first kappa shape index (κ1) is 17.9. The molecule has 1 saturated heterocycles. The molecule has 3 N–H and O–H groups in total. The van der Waals surface area contributed by atoms with Gasteiger partial charge in [-0.15, -0.1) is 0 Å². The Hall–Kier alpha value is -1.14. The van der Waals surface area contributed by atoms with Crippen LogP contribution in [0.5, 0.6) is 0 Å². The fraction of sp³-hybridized carbons (Fsp3) is 0.867. The van der Waals surface area contributed by atoms with Crippen molar-refractivity contribution in [3.8, 4) is 0 Å². The summed E-state index contributed by atoms with van der Waals surface area (Å²) in [6, 6.07) is -0.0820. The molecule has 0 bridgehead atoms. The normalized spacial score (nSPS) is 18.4. The average Bonchev–Trinajstić information content (AvgIpc) is 2.36. The summed E-state index contributed by atoms with van der Waals surface area (Å²) in [5, 5.41) is 2.62. The molecule has 0 aromatic heterocycles. The Morgan fingerprint density at radius 2 is 1.76 bits per heavy atom. The molecule has 1 atom stereocenters. The number of rotatable bonds is 5. The van der Waals surface area contributed by atoms with Gasteiger partial charge in [-0.1, -0.05) is 20.8 Å². The standard InChI is InChI=1S/C15H30N4O2/c1-15(2,3)10-12(16)9-14(21)19-7-5-18(6-8-19)11-13(20)17-4/h12H,5-11,16H2,1-4H3,(H,17,20). The second-order valence-electron chi connectivity index (χ2n) is 7.06. The number of carbonyl (C=O) groups is 2. The molecule has 2 amide bonds. The van der Waals surface area contributed by atoms with Crippen LogP contribution in [0.15, 0.2) is 0 Å². The minimum Gasteiger partial charge on any atom is -0.358 e. The Kier molecular flexibility index (Phi) is 6.61. The number of nitrogens with zero attached hydrogens (tertiary/aromatic N) is 2. The largest absolute Gasteiger partial charge is 0.358 e. The summed E-state index contributed by atoms with van der Waals surface area (Å²) >= 11 is 0. The van der Waals surface area contributed by atoms with Crippen molar-refractivity contribution >= 4 is 11.8 Å². The van der Waals surface area contributed by atoms with E-state index in [1.54, 1.807) is 7.05 Å². The first-order valence-electron chi connectivity index (χ1n) is 7.67. The summed E-state index contributed by atoms with van der Waals surface area (Å²) in [5.74, 6) is 0.147. The molecule has 6 nitrogen and oxygen atoms in total. The van der Waals surface area contributed by atoms with Gasteiger partial charge in [-0.05, 0) is 11.8 Å². The molecule has 6 heteroatoms. The molecule has 1 rings (SSSR count). The molecule has 0 aromatic carbocycles. The van der Waals surface area contributed by atoms with E-state index < -0.39 is 0 Å². The number of nitrogens with one attached hydrogen (secondary N) is 1. The van der Waals surface area contributed by atoms with E-state index in [1.165, 1.54) is 0 Å². The second-order valence-corrected chi connectivity index (χ2v) is 7.06. The molecule has 1 heterocycles. The lowest BCUT2D eigenvalue weighted by Crippen LogP contribution is -2.51. The van der Waals surface area contributed by atoms with Crippen molar-refractivity contribution in [3.63, 3.8) is 0 Å². The molecule has 0 radical (unpaired) electrons. The van der Waals surface area contributed by atoms with E-state index in [-0.39, 0.29) is 23.3 Å². The van der Waals surface area contributed by atoms with Crippen LogP contribution >= 0.6 is 0 Å². The molecular formula is C15H30N4O2. The number of carbonyl (C=O) groups excluding carboxylic acids is 2. The van der Waals surface area contributed by atoms with Crippen LogP contribution < -0.4 is 11.1 Å². The molecular weight excluding hydrogens is 268 g/mol. The Bertz CT molecular complexity index is 357. The van der Waals surface area contributed by atoms with Gasteiger partial charge in [0.05, 0.1) is 6.54 Å². The van der Waals surface area contributed by atoms with Crippen molar-refractivity contribution in [1.29, 1.82) is 0 Å². The quantitative estimate of drug-likeness (QED) is 0.750. The highest BCUT2D eigenvalue weighted by atomic mass is 16.2. The highest BCUT2D eigenvalue weighted by molar-refractivity contribution is 5.78. The van der Waals surface area contributed by atoms with Gasteiger partial charge in [0.15, 0.2) is 0 Å². The highest BCUT2D eigenvalue weighted by Gasteiger charge is 2.24. The van der Waals surface area contributed by atoms with Crippen molar-refractivity contribution in [2.75, 3.05) is 39.8 Å². The smallest absolute Gasteiger partial charge is 0.233 e. The van der Waals surface area contributed by atoms with Crippen LogP contribution in [0, 0.1) is 5.41 Å². The van der Waals surface area contributed by atoms with Gasteiger partial charge >= 0.3 is 0 Å². The monoisotopic (exact) mass is 298 g/mol. The molecule has 1 aliphatic rings. The van der Waals surface area contributed by atoms with Gasteiger partial charge in [0.1, 0.15) is 0 Å². The SMILES string of the molecule is CNC(=O)CN1CCN(C(=O)CC(N)CC(C)(C)C)CC1. The van der Waals surface area contributed by atoms with Crippen LogP contribution in [-0.4, -0.2) is 67.4 Å². The van der Waals surface area contributed by atoms with Crippen molar-refractivity contribution < 1.29 is 9.59 Å². The maximum absolute atomic E-state index is 12.2. The maximum Gasteiger partial charge on any atom is 0.233 e. The zero-order valence-corrected chi connectivity index (χ0v) is 13.8. The van der Waals surface area contributed by atoms with E-state index in [1.807, 2.05) is 4.90 Å². The number of nitrogens with two attached hydrogens (primary N) is 1. The van der Waals surface area contributed by atoms with Crippen LogP contribution in [0.3, 0.4) is 0 Å². The number of hydrogen-bond donors (Lipinski definition) is 2. The van der Waals surface area contributed by atoms with E-state index in [9.17, 15) is 9.59 Å². The molecule has 1 unspecified atom stereocenters. The summed E-state index contributed by atoms with van der Waals surface area (Å²) in [7, 11) is 1.64. The Morgan fingerprint density at radius 1 is 1.19 bits per heavy atom. The van der Waals surface area contributed by atoms with Gasteiger partial charge < -0.3 is 16.0 Å². The van der Waals surface area contributed by atoms with Crippen LogP contribution in [0.2, 0.25) is 0 Å². The third kappa shape index (κ3) is 6.91. The van der Waals surface area contributed by atoms with Gasteiger partial charge in [-0.2, -0.15) is 0 Å². The lowest BCUT2D eigenvalue weighted by atomic mass is 9.87. The lowest BCUT2D eigenvalue weighted by molar-refractivity contribution is -0.133. The van der Waals surface area contributed by atoms with E-state index in [2.05, 4.69) is 31.0 Å². The Balaban J connectivity index is 2.33. The zero-order valence-electron chi connectivity index (χ0n) is 13.8. The summed E-state index contributed by atoms with van der Waals surface area (Å²) in [6.45, 7) is 9.65. The predicted molar refractivity (Wildman–Crippen MR) is 83.8 cm³/mol. The lowest BCUT2D eigenvalue weighted by Gasteiger charge is -2.35. The fourth-order valence-corrected chi connectivity index (χ4v) is 2.65. The zero-order chi connectivity index (χ0) is 16.0. The van der Waals surface area contributed by atoms with Crippen LogP contribution in [-0.2, 0) is 9.59 Å². The first-order chi connectivity index (χ1) is 9.71. The summed E-state index contributed by atoms with van der Waals surface area (Å²) in [5.41, 5.74) is 6.21.